The number of aromatic nitrogens is 4. The standard InChI is InChI=1S/C22H18F2N4O2/c1-3-10-27-21(29)19-20(28(22(27)30)16-7-4-14(2)5-8-16)25-13-26(19)12-15-6-9-17(23)18(24)11-15/h3-9,11,13H,1,10,12H2,2H3. The molecular formula is C22H18F2N4O2. The van der Waals surface area contributed by atoms with Crippen LogP contribution in [0.4, 0.5) is 8.78 Å². The molecule has 0 radical (unpaired) electrons. The lowest BCUT2D eigenvalue weighted by atomic mass is 10.2. The zero-order valence-electron chi connectivity index (χ0n) is 16.2. The summed E-state index contributed by atoms with van der Waals surface area (Å²) < 4.78 is 30.8. The smallest absolute Gasteiger partial charge is 0.320 e. The number of nitrogens with zero attached hydrogens (tertiary/aromatic N) is 4. The number of hydrogen-bond acceptors (Lipinski definition) is 3. The summed E-state index contributed by atoms with van der Waals surface area (Å²) in [7, 11) is 0. The summed E-state index contributed by atoms with van der Waals surface area (Å²) in [5, 5.41) is 0. The third-order valence-electron chi connectivity index (χ3n) is 4.84. The summed E-state index contributed by atoms with van der Waals surface area (Å²) in [4.78, 5) is 30.4. The molecule has 0 saturated heterocycles. The summed E-state index contributed by atoms with van der Waals surface area (Å²) in [6, 6.07) is 10.8. The van der Waals surface area contributed by atoms with Gasteiger partial charge in [-0.15, -0.1) is 6.58 Å². The Morgan fingerprint density at radius 3 is 2.47 bits per heavy atom. The molecule has 0 aliphatic carbocycles. The van der Waals surface area contributed by atoms with Crippen molar-refractivity contribution in [2.45, 2.75) is 20.0 Å². The van der Waals surface area contributed by atoms with E-state index >= 15 is 0 Å². The summed E-state index contributed by atoms with van der Waals surface area (Å²) in [6.07, 6.45) is 2.87. The van der Waals surface area contributed by atoms with Gasteiger partial charge in [-0.2, -0.15) is 0 Å². The SMILES string of the molecule is C=CCn1c(=O)c2c(ncn2Cc2ccc(F)c(F)c2)n(-c2ccc(C)cc2)c1=O. The average molecular weight is 408 g/mol. The lowest BCUT2D eigenvalue weighted by molar-refractivity contribution is 0.506. The van der Waals surface area contributed by atoms with Crippen LogP contribution < -0.4 is 11.2 Å². The zero-order valence-corrected chi connectivity index (χ0v) is 16.2. The average Bonchev–Trinajstić information content (AvgIpc) is 3.13. The molecule has 0 fully saturated rings. The second-order valence-electron chi connectivity index (χ2n) is 6.95. The lowest BCUT2D eigenvalue weighted by Gasteiger charge is -2.12. The van der Waals surface area contributed by atoms with E-state index in [2.05, 4.69) is 11.6 Å². The third kappa shape index (κ3) is 3.26. The highest BCUT2D eigenvalue weighted by molar-refractivity contribution is 5.72. The van der Waals surface area contributed by atoms with E-state index in [1.165, 1.54) is 27.6 Å². The van der Waals surface area contributed by atoms with E-state index in [1.807, 2.05) is 19.1 Å². The molecule has 0 aliphatic heterocycles. The molecule has 0 spiro atoms. The van der Waals surface area contributed by atoms with Crippen molar-refractivity contribution in [3.8, 4) is 5.69 Å². The predicted octanol–water partition coefficient (Wildman–Crippen LogP) is 3.17. The van der Waals surface area contributed by atoms with Crippen LogP contribution >= 0.6 is 0 Å². The zero-order chi connectivity index (χ0) is 21.4. The highest BCUT2D eigenvalue weighted by atomic mass is 19.2. The van der Waals surface area contributed by atoms with Crippen molar-refractivity contribution in [2.24, 2.45) is 0 Å². The molecule has 4 rings (SSSR count). The van der Waals surface area contributed by atoms with Crippen LogP contribution in [0, 0.1) is 18.6 Å². The van der Waals surface area contributed by atoms with Gasteiger partial charge in [-0.25, -0.2) is 23.1 Å². The van der Waals surface area contributed by atoms with Gasteiger partial charge in [0.1, 0.15) is 0 Å². The summed E-state index contributed by atoms with van der Waals surface area (Å²) in [5.41, 5.74) is 1.35. The maximum Gasteiger partial charge on any atom is 0.337 e. The Hall–Kier alpha value is -3.81. The van der Waals surface area contributed by atoms with Crippen molar-refractivity contribution in [2.75, 3.05) is 0 Å². The number of allylic oxidation sites excluding steroid dienone is 1. The van der Waals surface area contributed by atoms with E-state index in [4.69, 9.17) is 0 Å². The van der Waals surface area contributed by atoms with Gasteiger partial charge in [-0.05, 0) is 36.8 Å². The van der Waals surface area contributed by atoms with Gasteiger partial charge in [0.25, 0.3) is 5.56 Å². The monoisotopic (exact) mass is 408 g/mol. The van der Waals surface area contributed by atoms with Gasteiger partial charge in [-0.3, -0.25) is 9.36 Å². The highest BCUT2D eigenvalue weighted by Gasteiger charge is 2.19. The van der Waals surface area contributed by atoms with Crippen LogP contribution in [-0.4, -0.2) is 18.7 Å². The number of benzene rings is 2. The molecule has 0 atom stereocenters. The van der Waals surface area contributed by atoms with E-state index < -0.39 is 22.9 Å². The van der Waals surface area contributed by atoms with E-state index in [1.54, 1.807) is 12.1 Å². The summed E-state index contributed by atoms with van der Waals surface area (Å²) in [6.45, 7) is 5.66. The first-order valence-electron chi connectivity index (χ1n) is 9.23. The minimum absolute atomic E-state index is 0.0236. The molecule has 0 amide bonds. The molecule has 2 aromatic carbocycles. The van der Waals surface area contributed by atoms with Crippen molar-refractivity contribution in [3.63, 3.8) is 0 Å². The van der Waals surface area contributed by atoms with Gasteiger partial charge in [0.15, 0.2) is 22.8 Å². The number of imidazole rings is 1. The van der Waals surface area contributed by atoms with Crippen molar-refractivity contribution >= 4 is 11.2 Å². The maximum atomic E-state index is 13.6. The van der Waals surface area contributed by atoms with Crippen LogP contribution in [0.5, 0.6) is 0 Å². The van der Waals surface area contributed by atoms with Gasteiger partial charge < -0.3 is 4.57 Å². The van der Waals surface area contributed by atoms with E-state index in [-0.39, 0.29) is 24.3 Å². The van der Waals surface area contributed by atoms with Gasteiger partial charge in [0.05, 0.1) is 12.0 Å². The van der Waals surface area contributed by atoms with E-state index in [0.717, 1.165) is 22.3 Å². The third-order valence-corrected chi connectivity index (χ3v) is 4.84. The molecule has 4 aromatic rings. The fourth-order valence-corrected chi connectivity index (χ4v) is 3.35. The Kier molecular flexibility index (Phi) is 4.91. The first-order chi connectivity index (χ1) is 14.4. The number of halogens is 2. The number of hydrogen-bond donors (Lipinski definition) is 0. The van der Waals surface area contributed by atoms with E-state index in [0.29, 0.717) is 11.3 Å². The molecule has 8 heteroatoms. The maximum absolute atomic E-state index is 13.6. The molecule has 152 valence electrons. The minimum atomic E-state index is -0.974. The number of aryl methyl sites for hydroxylation is 1. The second-order valence-corrected chi connectivity index (χ2v) is 6.95. The van der Waals surface area contributed by atoms with Gasteiger partial charge in [0, 0.05) is 13.1 Å². The first kappa shape index (κ1) is 19.5. The Morgan fingerprint density at radius 1 is 1.07 bits per heavy atom. The van der Waals surface area contributed by atoms with Crippen LogP contribution in [0.25, 0.3) is 16.9 Å². The molecular weight excluding hydrogens is 390 g/mol. The molecule has 2 aromatic heterocycles. The molecule has 0 N–H and O–H groups in total. The van der Waals surface area contributed by atoms with Crippen LogP contribution in [0.1, 0.15) is 11.1 Å². The first-order valence-corrected chi connectivity index (χ1v) is 9.23. The van der Waals surface area contributed by atoms with Crippen molar-refractivity contribution in [3.05, 3.63) is 105 Å². The van der Waals surface area contributed by atoms with Crippen LogP contribution in [-0.2, 0) is 13.1 Å². The number of rotatable bonds is 5. The normalized spacial score (nSPS) is 11.2. The van der Waals surface area contributed by atoms with Crippen LogP contribution in [0.2, 0.25) is 0 Å². The molecule has 6 nitrogen and oxygen atoms in total. The van der Waals surface area contributed by atoms with Gasteiger partial charge in [0.2, 0.25) is 0 Å². The minimum Gasteiger partial charge on any atom is -0.320 e. The van der Waals surface area contributed by atoms with Crippen LogP contribution in [0.3, 0.4) is 0 Å². The molecule has 2 heterocycles. The van der Waals surface area contributed by atoms with Crippen LogP contribution in [0.15, 0.2) is 71.0 Å². The Balaban J connectivity index is 1.97. The van der Waals surface area contributed by atoms with Crippen molar-refractivity contribution in [1.29, 1.82) is 0 Å². The molecule has 0 aliphatic rings. The Labute approximate surface area is 170 Å². The second kappa shape index (κ2) is 7.55. The van der Waals surface area contributed by atoms with Gasteiger partial charge >= 0.3 is 5.69 Å². The molecule has 0 saturated carbocycles. The lowest BCUT2D eigenvalue weighted by Crippen LogP contribution is -2.39. The fraction of sp³-hybridized carbons (Fsp3) is 0.136. The molecule has 30 heavy (non-hydrogen) atoms. The highest BCUT2D eigenvalue weighted by Crippen LogP contribution is 2.16. The predicted molar refractivity (Wildman–Crippen MR) is 110 cm³/mol. The molecule has 0 unspecified atom stereocenters. The largest absolute Gasteiger partial charge is 0.337 e. The summed E-state index contributed by atoms with van der Waals surface area (Å²) >= 11 is 0. The van der Waals surface area contributed by atoms with Crippen molar-refractivity contribution in [1.82, 2.24) is 18.7 Å². The molecule has 0 bridgehead atoms. The van der Waals surface area contributed by atoms with E-state index in [9.17, 15) is 18.4 Å². The quantitative estimate of drug-likeness (QED) is 0.477. The summed E-state index contributed by atoms with van der Waals surface area (Å²) in [5.74, 6) is -1.92. The Bertz CT molecular complexity index is 1380. The number of fused-ring (bicyclic) bond motifs is 1. The topological polar surface area (TPSA) is 61.8 Å². The van der Waals surface area contributed by atoms with Gasteiger partial charge in [-0.1, -0.05) is 29.8 Å². The fourth-order valence-electron chi connectivity index (χ4n) is 3.35. The Morgan fingerprint density at radius 2 is 1.80 bits per heavy atom. The van der Waals surface area contributed by atoms with Crippen molar-refractivity contribution < 1.29 is 8.78 Å².